The standard InChI is InChI=1S/C10H15N5O4/c1-2-11-8(16)3-4-12-9(17)6-15-5-7(10(18)19)13-14-15/h5H,2-4,6H2,1H3,(H,11,16)(H,12,17)(H,18,19). The Morgan fingerprint density at radius 3 is 2.63 bits per heavy atom. The molecule has 0 aliphatic heterocycles. The second-order valence-corrected chi connectivity index (χ2v) is 3.66. The summed E-state index contributed by atoms with van der Waals surface area (Å²) in [7, 11) is 0. The Bertz CT molecular complexity index is 470. The Kier molecular flexibility index (Phi) is 5.45. The molecule has 0 bridgehead atoms. The summed E-state index contributed by atoms with van der Waals surface area (Å²) in [6.07, 6.45) is 1.35. The van der Waals surface area contributed by atoms with E-state index in [1.807, 2.05) is 0 Å². The molecule has 9 heteroatoms. The highest BCUT2D eigenvalue weighted by atomic mass is 16.4. The van der Waals surface area contributed by atoms with Crippen molar-refractivity contribution in [2.24, 2.45) is 0 Å². The van der Waals surface area contributed by atoms with Gasteiger partial charge in [-0.3, -0.25) is 9.59 Å². The van der Waals surface area contributed by atoms with Crippen molar-refractivity contribution in [3.05, 3.63) is 11.9 Å². The zero-order valence-electron chi connectivity index (χ0n) is 10.4. The van der Waals surface area contributed by atoms with Crippen molar-refractivity contribution in [3.8, 4) is 0 Å². The van der Waals surface area contributed by atoms with E-state index < -0.39 is 5.97 Å². The number of carbonyl (C=O) groups excluding carboxylic acids is 2. The van der Waals surface area contributed by atoms with Crippen LogP contribution in [-0.4, -0.2) is 51.0 Å². The average Bonchev–Trinajstić information content (AvgIpc) is 2.78. The number of hydrogen-bond donors (Lipinski definition) is 3. The monoisotopic (exact) mass is 269 g/mol. The summed E-state index contributed by atoms with van der Waals surface area (Å²) in [5.74, 6) is -1.72. The third kappa shape index (κ3) is 5.15. The summed E-state index contributed by atoms with van der Waals surface area (Å²) in [6, 6.07) is 0. The van der Waals surface area contributed by atoms with Gasteiger partial charge in [-0.2, -0.15) is 0 Å². The summed E-state index contributed by atoms with van der Waals surface area (Å²) >= 11 is 0. The average molecular weight is 269 g/mol. The van der Waals surface area contributed by atoms with Gasteiger partial charge in [0, 0.05) is 19.5 Å². The molecule has 104 valence electrons. The van der Waals surface area contributed by atoms with E-state index in [0.29, 0.717) is 6.54 Å². The van der Waals surface area contributed by atoms with Crippen LogP contribution in [0.15, 0.2) is 6.20 Å². The summed E-state index contributed by atoms with van der Waals surface area (Å²) < 4.78 is 1.12. The number of aromatic carboxylic acids is 1. The fourth-order valence-corrected chi connectivity index (χ4v) is 1.28. The fourth-order valence-electron chi connectivity index (χ4n) is 1.28. The van der Waals surface area contributed by atoms with Gasteiger partial charge in [-0.05, 0) is 6.92 Å². The first-order valence-corrected chi connectivity index (χ1v) is 5.69. The molecule has 0 atom stereocenters. The molecule has 0 aromatic carbocycles. The number of nitrogens with zero attached hydrogens (tertiary/aromatic N) is 3. The molecule has 1 rings (SSSR count). The first-order valence-electron chi connectivity index (χ1n) is 5.69. The number of aromatic nitrogens is 3. The van der Waals surface area contributed by atoms with E-state index >= 15 is 0 Å². The van der Waals surface area contributed by atoms with Crippen LogP contribution in [0.25, 0.3) is 0 Å². The molecule has 0 spiro atoms. The number of carboxylic acid groups (broad SMARTS) is 1. The van der Waals surface area contributed by atoms with Crippen molar-refractivity contribution in [2.45, 2.75) is 19.9 Å². The normalized spacial score (nSPS) is 9.95. The van der Waals surface area contributed by atoms with E-state index in [2.05, 4.69) is 20.9 Å². The van der Waals surface area contributed by atoms with Crippen molar-refractivity contribution in [1.29, 1.82) is 0 Å². The van der Waals surface area contributed by atoms with Gasteiger partial charge < -0.3 is 15.7 Å². The van der Waals surface area contributed by atoms with E-state index in [9.17, 15) is 14.4 Å². The number of nitrogens with one attached hydrogen (secondary N) is 2. The van der Waals surface area contributed by atoms with Gasteiger partial charge in [-0.1, -0.05) is 5.21 Å². The van der Waals surface area contributed by atoms with Gasteiger partial charge in [0.15, 0.2) is 5.69 Å². The van der Waals surface area contributed by atoms with Crippen LogP contribution in [0.5, 0.6) is 0 Å². The molecule has 0 saturated carbocycles. The highest BCUT2D eigenvalue weighted by molar-refractivity contribution is 5.84. The third-order valence-electron chi connectivity index (χ3n) is 2.11. The second kappa shape index (κ2) is 7.09. The highest BCUT2D eigenvalue weighted by Gasteiger charge is 2.10. The number of carboxylic acids is 1. The molecule has 2 amide bonds. The molecule has 0 radical (unpaired) electrons. The Labute approximate surface area is 109 Å². The van der Waals surface area contributed by atoms with Gasteiger partial charge in [0.05, 0.1) is 6.20 Å². The maximum atomic E-state index is 11.5. The van der Waals surface area contributed by atoms with Crippen molar-refractivity contribution in [2.75, 3.05) is 13.1 Å². The zero-order valence-corrected chi connectivity index (χ0v) is 10.4. The Morgan fingerprint density at radius 2 is 2.05 bits per heavy atom. The van der Waals surface area contributed by atoms with E-state index in [1.165, 1.54) is 0 Å². The summed E-state index contributed by atoms with van der Waals surface area (Å²) in [4.78, 5) is 33.1. The minimum absolute atomic E-state index is 0.142. The lowest BCUT2D eigenvalue weighted by Crippen LogP contribution is -2.32. The molecule has 19 heavy (non-hydrogen) atoms. The molecule has 0 unspecified atom stereocenters. The SMILES string of the molecule is CCNC(=O)CCNC(=O)Cn1cc(C(=O)O)nn1. The van der Waals surface area contributed by atoms with Crippen LogP contribution in [0.1, 0.15) is 23.8 Å². The quantitative estimate of drug-likeness (QED) is 0.560. The van der Waals surface area contributed by atoms with Gasteiger partial charge in [0.2, 0.25) is 11.8 Å². The molecule has 1 aromatic rings. The minimum Gasteiger partial charge on any atom is -0.476 e. The number of rotatable bonds is 7. The van der Waals surface area contributed by atoms with Crippen LogP contribution in [0, 0.1) is 0 Å². The summed E-state index contributed by atoms with van der Waals surface area (Å²) in [6.45, 7) is 2.42. The molecule has 0 fully saturated rings. The fraction of sp³-hybridized carbons (Fsp3) is 0.500. The second-order valence-electron chi connectivity index (χ2n) is 3.66. The first kappa shape index (κ1) is 14.6. The topological polar surface area (TPSA) is 126 Å². The smallest absolute Gasteiger partial charge is 0.358 e. The number of amides is 2. The van der Waals surface area contributed by atoms with Crippen molar-refractivity contribution in [3.63, 3.8) is 0 Å². The summed E-state index contributed by atoms with van der Waals surface area (Å²) in [5, 5.41) is 20.6. The van der Waals surface area contributed by atoms with Gasteiger partial charge in [0.25, 0.3) is 0 Å². The van der Waals surface area contributed by atoms with Gasteiger partial charge >= 0.3 is 5.97 Å². The van der Waals surface area contributed by atoms with Gasteiger partial charge in [-0.25, -0.2) is 9.48 Å². The van der Waals surface area contributed by atoms with E-state index in [0.717, 1.165) is 10.9 Å². The molecular weight excluding hydrogens is 254 g/mol. The van der Waals surface area contributed by atoms with Gasteiger partial charge in [-0.15, -0.1) is 5.10 Å². The van der Waals surface area contributed by atoms with E-state index in [-0.39, 0.29) is 37.0 Å². The maximum absolute atomic E-state index is 11.5. The van der Waals surface area contributed by atoms with Crippen LogP contribution in [0.3, 0.4) is 0 Å². The van der Waals surface area contributed by atoms with Crippen molar-refractivity contribution in [1.82, 2.24) is 25.6 Å². The summed E-state index contributed by atoms with van der Waals surface area (Å²) in [5.41, 5.74) is -0.227. The Balaban J connectivity index is 2.30. The van der Waals surface area contributed by atoms with Crippen LogP contribution in [-0.2, 0) is 16.1 Å². The first-order chi connectivity index (χ1) is 9.02. The lowest BCUT2D eigenvalue weighted by atomic mass is 10.4. The van der Waals surface area contributed by atoms with Crippen LogP contribution in [0.4, 0.5) is 0 Å². The molecule has 3 N–H and O–H groups in total. The van der Waals surface area contributed by atoms with Gasteiger partial charge in [0.1, 0.15) is 6.54 Å². The molecule has 1 aromatic heterocycles. The van der Waals surface area contributed by atoms with Crippen LogP contribution in [0.2, 0.25) is 0 Å². The predicted molar refractivity (Wildman–Crippen MR) is 63.3 cm³/mol. The highest BCUT2D eigenvalue weighted by Crippen LogP contribution is 1.92. The molecule has 9 nitrogen and oxygen atoms in total. The molecular formula is C10H15N5O4. The molecule has 0 aliphatic carbocycles. The van der Waals surface area contributed by atoms with Crippen LogP contribution >= 0.6 is 0 Å². The lowest BCUT2D eigenvalue weighted by molar-refractivity contribution is -0.122. The molecule has 1 heterocycles. The van der Waals surface area contributed by atoms with Crippen molar-refractivity contribution >= 4 is 17.8 Å². The number of hydrogen-bond acceptors (Lipinski definition) is 5. The molecule has 0 saturated heterocycles. The molecule has 0 aliphatic rings. The Morgan fingerprint density at radius 1 is 1.32 bits per heavy atom. The predicted octanol–water partition coefficient (Wildman–Crippen LogP) is -1.38. The lowest BCUT2D eigenvalue weighted by Gasteiger charge is -2.04. The minimum atomic E-state index is -1.21. The third-order valence-corrected chi connectivity index (χ3v) is 2.11. The Hall–Kier alpha value is -2.45. The van der Waals surface area contributed by atoms with Crippen molar-refractivity contribution < 1.29 is 19.5 Å². The van der Waals surface area contributed by atoms with E-state index in [4.69, 9.17) is 5.11 Å². The largest absolute Gasteiger partial charge is 0.476 e. The number of carbonyl (C=O) groups is 3. The zero-order chi connectivity index (χ0) is 14.3. The maximum Gasteiger partial charge on any atom is 0.358 e. The van der Waals surface area contributed by atoms with Crippen LogP contribution < -0.4 is 10.6 Å². The van der Waals surface area contributed by atoms with E-state index in [1.54, 1.807) is 6.92 Å².